The number of benzene rings is 1. The smallest absolute Gasteiger partial charge is 0.0726 e. The molecule has 2 unspecified atom stereocenters. The molecule has 0 radical (unpaired) electrons. The third kappa shape index (κ3) is 2.95. The maximum Gasteiger partial charge on any atom is 0.0726 e. The van der Waals surface area contributed by atoms with Gasteiger partial charge in [-0.15, -0.1) is 0 Å². The van der Waals surface area contributed by atoms with Gasteiger partial charge >= 0.3 is 0 Å². The molecule has 94 valence electrons. The molecular formula is C13H17BrClNO. The fourth-order valence-electron chi connectivity index (χ4n) is 2.38. The number of anilines is 1. The molecule has 1 aromatic rings. The number of alkyl halides is 1. The van der Waals surface area contributed by atoms with E-state index in [2.05, 4.69) is 40.7 Å². The number of hydrogen-bond acceptors (Lipinski definition) is 2. The van der Waals surface area contributed by atoms with Crippen molar-refractivity contribution < 1.29 is 4.74 Å². The summed E-state index contributed by atoms with van der Waals surface area (Å²) in [6.07, 6.45) is 0.497. The zero-order valence-corrected chi connectivity index (χ0v) is 12.5. The Kier molecular flexibility index (Phi) is 4.34. The van der Waals surface area contributed by atoms with Crippen LogP contribution in [-0.2, 0) is 10.1 Å². The number of halogens is 2. The minimum Gasteiger partial charge on any atom is -0.372 e. The van der Waals surface area contributed by atoms with Crippen LogP contribution in [-0.4, -0.2) is 25.3 Å². The van der Waals surface area contributed by atoms with Crippen molar-refractivity contribution in [3.05, 3.63) is 28.8 Å². The Balaban J connectivity index is 2.32. The summed E-state index contributed by atoms with van der Waals surface area (Å²) in [7, 11) is 0. The summed E-state index contributed by atoms with van der Waals surface area (Å²) < 4.78 is 5.75. The highest BCUT2D eigenvalue weighted by atomic mass is 79.9. The normalized spacial score (nSPS) is 25.1. The lowest BCUT2D eigenvalue weighted by atomic mass is 10.1. The molecule has 4 heteroatoms. The van der Waals surface area contributed by atoms with Crippen molar-refractivity contribution in [1.29, 1.82) is 0 Å². The van der Waals surface area contributed by atoms with Gasteiger partial charge in [0.1, 0.15) is 0 Å². The van der Waals surface area contributed by atoms with Crippen LogP contribution < -0.4 is 4.90 Å². The van der Waals surface area contributed by atoms with Gasteiger partial charge in [-0.1, -0.05) is 39.7 Å². The number of morpholine rings is 1. The van der Waals surface area contributed by atoms with E-state index in [9.17, 15) is 0 Å². The maximum absolute atomic E-state index is 6.33. The average molecular weight is 319 g/mol. The van der Waals surface area contributed by atoms with Gasteiger partial charge in [0.15, 0.2) is 0 Å². The SMILES string of the molecule is CC1CN(c2c(Cl)cccc2CBr)CC(C)O1. The molecule has 1 saturated heterocycles. The standard InChI is InChI=1S/C13H17BrClNO/c1-9-7-16(8-10(2)17-9)13-11(6-14)4-3-5-12(13)15/h3-5,9-10H,6-8H2,1-2H3. The third-order valence-electron chi connectivity index (χ3n) is 2.95. The first-order valence-electron chi connectivity index (χ1n) is 5.85. The van der Waals surface area contributed by atoms with Crippen LogP contribution in [0, 0.1) is 0 Å². The highest BCUT2D eigenvalue weighted by molar-refractivity contribution is 9.08. The van der Waals surface area contributed by atoms with E-state index >= 15 is 0 Å². The first kappa shape index (κ1) is 13.2. The second-order valence-electron chi connectivity index (χ2n) is 4.54. The Morgan fingerprint density at radius 3 is 2.59 bits per heavy atom. The van der Waals surface area contributed by atoms with Crippen LogP contribution in [0.2, 0.25) is 5.02 Å². The van der Waals surface area contributed by atoms with E-state index in [1.807, 2.05) is 12.1 Å². The van der Waals surface area contributed by atoms with Gasteiger partial charge in [0, 0.05) is 18.4 Å². The lowest BCUT2D eigenvalue weighted by Crippen LogP contribution is -2.45. The third-order valence-corrected chi connectivity index (χ3v) is 3.86. The quantitative estimate of drug-likeness (QED) is 0.768. The fraction of sp³-hybridized carbons (Fsp3) is 0.538. The van der Waals surface area contributed by atoms with Crippen molar-refractivity contribution >= 4 is 33.2 Å². The van der Waals surface area contributed by atoms with Crippen molar-refractivity contribution in [3.63, 3.8) is 0 Å². The monoisotopic (exact) mass is 317 g/mol. The van der Waals surface area contributed by atoms with E-state index in [-0.39, 0.29) is 12.2 Å². The lowest BCUT2D eigenvalue weighted by Gasteiger charge is -2.38. The van der Waals surface area contributed by atoms with Crippen molar-refractivity contribution in [2.24, 2.45) is 0 Å². The van der Waals surface area contributed by atoms with Gasteiger partial charge in [0.25, 0.3) is 0 Å². The summed E-state index contributed by atoms with van der Waals surface area (Å²) in [6.45, 7) is 6.00. The summed E-state index contributed by atoms with van der Waals surface area (Å²) in [5, 5.41) is 1.64. The number of ether oxygens (including phenoxy) is 1. The van der Waals surface area contributed by atoms with Crippen molar-refractivity contribution in [1.82, 2.24) is 0 Å². The summed E-state index contributed by atoms with van der Waals surface area (Å²) in [6, 6.07) is 6.06. The van der Waals surface area contributed by atoms with Crippen LogP contribution in [0.15, 0.2) is 18.2 Å². The summed E-state index contributed by atoms with van der Waals surface area (Å²) in [5.74, 6) is 0. The minimum atomic E-state index is 0.248. The Bertz CT molecular complexity index is 389. The minimum absolute atomic E-state index is 0.248. The van der Waals surface area contributed by atoms with Crippen LogP contribution in [0.3, 0.4) is 0 Å². The number of para-hydroxylation sites is 1. The molecule has 1 aliphatic heterocycles. The van der Waals surface area contributed by atoms with E-state index in [1.165, 1.54) is 5.56 Å². The van der Waals surface area contributed by atoms with Gasteiger partial charge < -0.3 is 9.64 Å². The van der Waals surface area contributed by atoms with Crippen molar-refractivity contribution in [2.45, 2.75) is 31.4 Å². The summed E-state index contributed by atoms with van der Waals surface area (Å²) in [5.41, 5.74) is 2.38. The largest absolute Gasteiger partial charge is 0.372 e. The van der Waals surface area contributed by atoms with Gasteiger partial charge in [0.05, 0.1) is 22.9 Å². The highest BCUT2D eigenvalue weighted by Crippen LogP contribution is 2.33. The topological polar surface area (TPSA) is 12.5 Å². The molecule has 0 bridgehead atoms. The Morgan fingerprint density at radius 2 is 2.00 bits per heavy atom. The molecule has 1 heterocycles. The van der Waals surface area contributed by atoms with E-state index in [0.29, 0.717) is 0 Å². The average Bonchev–Trinajstić information content (AvgIpc) is 2.27. The van der Waals surface area contributed by atoms with E-state index < -0.39 is 0 Å². The van der Waals surface area contributed by atoms with Crippen LogP contribution in [0.25, 0.3) is 0 Å². The second-order valence-corrected chi connectivity index (χ2v) is 5.51. The zero-order chi connectivity index (χ0) is 12.4. The first-order valence-corrected chi connectivity index (χ1v) is 7.35. The molecule has 0 aliphatic carbocycles. The van der Waals surface area contributed by atoms with Gasteiger partial charge in [-0.3, -0.25) is 0 Å². The predicted molar refractivity (Wildman–Crippen MR) is 76.3 cm³/mol. The van der Waals surface area contributed by atoms with Gasteiger partial charge in [-0.2, -0.15) is 0 Å². The molecule has 2 nitrogen and oxygen atoms in total. The van der Waals surface area contributed by atoms with E-state index in [1.54, 1.807) is 0 Å². The molecule has 1 aliphatic rings. The molecule has 17 heavy (non-hydrogen) atoms. The highest BCUT2D eigenvalue weighted by Gasteiger charge is 2.25. The van der Waals surface area contributed by atoms with Gasteiger partial charge in [-0.05, 0) is 25.5 Å². The molecular weight excluding hydrogens is 302 g/mol. The van der Waals surface area contributed by atoms with Crippen molar-refractivity contribution in [3.8, 4) is 0 Å². The molecule has 1 fully saturated rings. The zero-order valence-electron chi connectivity index (χ0n) is 10.1. The summed E-state index contributed by atoms with van der Waals surface area (Å²) >= 11 is 9.86. The molecule has 0 aromatic heterocycles. The first-order chi connectivity index (χ1) is 8.11. The second kappa shape index (κ2) is 5.59. The molecule has 2 atom stereocenters. The molecule has 2 rings (SSSR count). The predicted octanol–water partition coefficient (Wildman–Crippen LogP) is 3.85. The Morgan fingerprint density at radius 1 is 1.35 bits per heavy atom. The Labute approximate surface area is 116 Å². The maximum atomic E-state index is 6.33. The molecule has 0 N–H and O–H groups in total. The number of nitrogens with zero attached hydrogens (tertiary/aromatic N) is 1. The van der Waals surface area contributed by atoms with Crippen molar-refractivity contribution in [2.75, 3.05) is 18.0 Å². The fourth-order valence-corrected chi connectivity index (χ4v) is 3.15. The lowest BCUT2D eigenvalue weighted by molar-refractivity contribution is -0.00524. The molecule has 1 aromatic carbocycles. The van der Waals surface area contributed by atoms with Gasteiger partial charge in [0.2, 0.25) is 0 Å². The van der Waals surface area contributed by atoms with Crippen LogP contribution in [0.5, 0.6) is 0 Å². The van der Waals surface area contributed by atoms with Gasteiger partial charge in [-0.25, -0.2) is 0 Å². The van der Waals surface area contributed by atoms with Crippen LogP contribution >= 0.6 is 27.5 Å². The molecule has 0 amide bonds. The van der Waals surface area contributed by atoms with Crippen LogP contribution in [0.4, 0.5) is 5.69 Å². The van der Waals surface area contributed by atoms with Crippen LogP contribution in [0.1, 0.15) is 19.4 Å². The summed E-state index contributed by atoms with van der Waals surface area (Å²) in [4.78, 5) is 2.33. The number of hydrogen-bond donors (Lipinski definition) is 0. The number of rotatable bonds is 2. The van der Waals surface area contributed by atoms with E-state index in [4.69, 9.17) is 16.3 Å². The molecule has 0 saturated carbocycles. The Hall–Kier alpha value is -0.250. The molecule has 0 spiro atoms. The van der Waals surface area contributed by atoms with E-state index in [0.717, 1.165) is 29.1 Å².